The molecule has 4 aromatic rings. The van der Waals surface area contributed by atoms with Gasteiger partial charge in [0.15, 0.2) is 0 Å². The van der Waals surface area contributed by atoms with Gasteiger partial charge in [-0.1, -0.05) is 30.3 Å². The summed E-state index contributed by atoms with van der Waals surface area (Å²) >= 11 is 1.62. The predicted molar refractivity (Wildman–Crippen MR) is 95.4 cm³/mol. The molecule has 0 radical (unpaired) electrons. The number of amides is 1. The summed E-state index contributed by atoms with van der Waals surface area (Å²) in [5.41, 5.74) is 7.52. The number of fused-ring (bicyclic) bond motifs is 3. The zero-order chi connectivity index (χ0) is 15.8. The van der Waals surface area contributed by atoms with Crippen LogP contribution in [0, 0.1) is 0 Å². The van der Waals surface area contributed by atoms with Crippen LogP contribution >= 0.6 is 11.3 Å². The molecule has 0 fully saturated rings. The fraction of sp³-hybridized carbons (Fsp3) is 0. The summed E-state index contributed by atoms with van der Waals surface area (Å²) in [6.45, 7) is 0. The fourth-order valence-electron chi connectivity index (χ4n) is 2.69. The Labute approximate surface area is 136 Å². The molecule has 2 heterocycles. The summed E-state index contributed by atoms with van der Waals surface area (Å²) in [5, 5.41) is 7.38. The number of primary amides is 1. The van der Waals surface area contributed by atoms with E-state index in [0.717, 1.165) is 27.0 Å². The van der Waals surface area contributed by atoms with Crippen LogP contribution in [0.1, 0.15) is 10.4 Å². The molecule has 112 valence electrons. The monoisotopic (exact) mass is 319 g/mol. The molecule has 0 atom stereocenters. The first-order chi connectivity index (χ1) is 11.2. The molecule has 4 rings (SSSR count). The van der Waals surface area contributed by atoms with E-state index in [1.54, 1.807) is 17.4 Å². The normalized spacial score (nSPS) is 11.0. The van der Waals surface area contributed by atoms with Crippen LogP contribution in [0.25, 0.3) is 21.0 Å². The molecular weight excluding hydrogens is 306 g/mol. The van der Waals surface area contributed by atoms with Crippen molar-refractivity contribution >= 4 is 49.7 Å². The van der Waals surface area contributed by atoms with E-state index in [9.17, 15) is 4.79 Å². The van der Waals surface area contributed by atoms with Gasteiger partial charge in [-0.25, -0.2) is 4.98 Å². The highest BCUT2D eigenvalue weighted by atomic mass is 32.1. The van der Waals surface area contributed by atoms with Gasteiger partial charge in [-0.05, 0) is 29.6 Å². The lowest BCUT2D eigenvalue weighted by atomic mass is 10.1. The Morgan fingerprint density at radius 2 is 1.83 bits per heavy atom. The van der Waals surface area contributed by atoms with Gasteiger partial charge in [0.25, 0.3) is 5.91 Å². The van der Waals surface area contributed by atoms with Crippen LogP contribution < -0.4 is 11.1 Å². The van der Waals surface area contributed by atoms with Crippen LogP contribution in [-0.2, 0) is 0 Å². The number of carbonyl (C=O) groups is 1. The summed E-state index contributed by atoms with van der Waals surface area (Å²) in [6.07, 6.45) is 0. The molecule has 0 saturated heterocycles. The van der Waals surface area contributed by atoms with Crippen molar-refractivity contribution in [1.29, 1.82) is 0 Å². The standard InChI is InChI=1S/C18H13N3OS/c19-17(22)14-8-4-7-12-13-9-10-23-16(13)18(21-15(12)14)20-11-5-2-1-3-6-11/h1-10H,(H2,19,22)(H,20,21). The number of pyridine rings is 1. The molecule has 0 aliphatic heterocycles. The Morgan fingerprint density at radius 1 is 1.00 bits per heavy atom. The van der Waals surface area contributed by atoms with E-state index in [4.69, 9.17) is 10.7 Å². The van der Waals surface area contributed by atoms with Gasteiger partial charge in [-0.2, -0.15) is 0 Å². The van der Waals surface area contributed by atoms with Gasteiger partial charge in [-0.15, -0.1) is 11.3 Å². The number of rotatable bonds is 3. The predicted octanol–water partition coefficient (Wildman–Crippen LogP) is 4.29. The smallest absolute Gasteiger partial charge is 0.250 e. The summed E-state index contributed by atoms with van der Waals surface area (Å²) in [6, 6.07) is 17.4. The minimum atomic E-state index is -0.469. The number of carbonyl (C=O) groups excluding carboxylic acids is 1. The maximum Gasteiger partial charge on any atom is 0.250 e. The largest absolute Gasteiger partial charge is 0.366 e. The van der Waals surface area contributed by atoms with Gasteiger partial charge in [0.1, 0.15) is 5.82 Å². The first-order valence-electron chi connectivity index (χ1n) is 7.16. The minimum absolute atomic E-state index is 0.437. The second-order valence-corrected chi connectivity index (χ2v) is 6.10. The van der Waals surface area contributed by atoms with Crippen LogP contribution in [0.3, 0.4) is 0 Å². The quantitative estimate of drug-likeness (QED) is 0.592. The molecule has 1 amide bonds. The summed E-state index contributed by atoms with van der Waals surface area (Å²) in [7, 11) is 0. The maximum absolute atomic E-state index is 11.7. The number of benzene rings is 2. The number of anilines is 2. The second kappa shape index (κ2) is 5.37. The molecule has 3 N–H and O–H groups in total. The van der Waals surface area contributed by atoms with E-state index in [-0.39, 0.29) is 0 Å². The highest BCUT2D eigenvalue weighted by Gasteiger charge is 2.14. The van der Waals surface area contributed by atoms with Gasteiger partial charge in [0.05, 0.1) is 15.8 Å². The van der Waals surface area contributed by atoms with E-state index in [1.165, 1.54) is 0 Å². The molecule has 0 unspecified atom stereocenters. The fourth-order valence-corrected chi connectivity index (χ4v) is 3.54. The van der Waals surface area contributed by atoms with Crippen molar-refractivity contribution < 1.29 is 4.79 Å². The average molecular weight is 319 g/mol. The van der Waals surface area contributed by atoms with Crippen molar-refractivity contribution in [2.24, 2.45) is 5.73 Å². The third kappa shape index (κ3) is 2.31. The summed E-state index contributed by atoms with van der Waals surface area (Å²) < 4.78 is 1.06. The Balaban J connectivity index is 2.00. The number of nitrogens with two attached hydrogens (primary N) is 1. The van der Waals surface area contributed by atoms with Crippen molar-refractivity contribution in [2.45, 2.75) is 0 Å². The van der Waals surface area contributed by atoms with Crippen molar-refractivity contribution in [3.8, 4) is 0 Å². The Morgan fingerprint density at radius 3 is 2.61 bits per heavy atom. The Kier molecular flexibility index (Phi) is 3.20. The molecule has 0 saturated carbocycles. The van der Waals surface area contributed by atoms with Crippen LogP contribution in [-0.4, -0.2) is 10.9 Å². The lowest BCUT2D eigenvalue weighted by Gasteiger charge is -2.10. The zero-order valence-corrected chi connectivity index (χ0v) is 12.9. The van der Waals surface area contributed by atoms with Crippen molar-refractivity contribution in [1.82, 2.24) is 4.98 Å². The van der Waals surface area contributed by atoms with E-state index < -0.39 is 5.91 Å². The van der Waals surface area contributed by atoms with Gasteiger partial charge >= 0.3 is 0 Å². The van der Waals surface area contributed by atoms with Gasteiger partial charge < -0.3 is 11.1 Å². The van der Waals surface area contributed by atoms with Crippen molar-refractivity contribution in [3.63, 3.8) is 0 Å². The first-order valence-corrected chi connectivity index (χ1v) is 8.04. The molecule has 4 nitrogen and oxygen atoms in total. The molecular formula is C18H13N3OS. The average Bonchev–Trinajstić information content (AvgIpc) is 3.05. The number of para-hydroxylation sites is 2. The van der Waals surface area contributed by atoms with E-state index in [0.29, 0.717) is 11.1 Å². The van der Waals surface area contributed by atoms with Gasteiger partial charge in [-0.3, -0.25) is 4.79 Å². The highest BCUT2D eigenvalue weighted by molar-refractivity contribution is 7.18. The molecule has 0 bridgehead atoms. The van der Waals surface area contributed by atoms with Crippen LogP contribution in [0.5, 0.6) is 0 Å². The SMILES string of the molecule is NC(=O)c1cccc2c1nc(Nc1ccccc1)c1sccc12. The van der Waals surface area contributed by atoms with Crippen molar-refractivity contribution in [3.05, 3.63) is 65.5 Å². The topological polar surface area (TPSA) is 68.0 Å². The first kappa shape index (κ1) is 13.7. The minimum Gasteiger partial charge on any atom is -0.366 e. The third-order valence-electron chi connectivity index (χ3n) is 3.73. The number of nitrogens with one attached hydrogen (secondary N) is 1. The van der Waals surface area contributed by atoms with Gasteiger partial charge in [0.2, 0.25) is 0 Å². The number of hydrogen-bond donors (Lipinski definition) is 2. The lowest BCUT2D eigenvalue weighted by molar-refractivity contribution is 0.100. The Bertz CT molecular complexity index is 1020. The molecule has 2 aromatic heterocycles. The molecule has 0 aliphatic carbocycles. The number of thiophene rings is 1. The maximum atomic E-state index is 11.7. The Hall–Kier alpha value is -2.92. The van der Waals surface area contributed by atoms with Crippen LogP contribution in [0.4, 0.5) is 11.5 Å². The third-order valence-corrected chi connectivity index (χ3v) is 4.65. The number of nitrogens with zero attached hydrogens (tertiary/aromatic N) is 1. The molecule has 2 aromatic carbocycles. The zero-order valence-electron chi connectivity index (χ0n) is 12.1. The molecule has 5 heteroatoms. The highest BCUT2D eigenvalue weighted by Crippen LogP contribution is 2.35. The van der Waals surface area contributed by atoms with Crippen LogP contribution in [0.2, 0.25) is 0 Å². The summed E-state index contributed by atoms with van der Waals surface area (Å²) in [5.74, 6) is 0.269. The van der Waals surface area contributed by atoms with Gasteiger partial charge in [0, 0.05) is 16.5 Å². The lowest BCUT2D eigenvalue weighted by Crippen LogP contribution is -2.12. The van der Waals surface area contributed by atoms with E-state index >= 15 is 0 Å². The number of hydrogen-bond acceptors (Lipinski definition) is 4. The van der Waals surface area contributed by atoms with Crippen molar-refractivity contribution in [2.75, 3.05) is 5.32 Å². The summed E-state index contributed by atoms with van der Waals surface area (Å²) in [4.78, 5) is 16.4. The number of aromatic nitrogens is 1. The molecule has 0 aliphatic rings. The second-order valence-electron chi connectivity index (χ2n) is 5.18. The molecule has 0 spiro atoms. The molecule has 23 heavy (non-hydrogen) atoms. The van der Waals surface area contributed by atoms with E-state index in [2.05, 4.69) is 5.32 Å². The van der Waals surface area contributed by atoms with E-state index in [1.807, 2.05) is 53.9 Å². The van der Waals surface area contributed by atoms with Crippen LogP contribution in [0.15, 0.2) is 60.0 Å².